The standard InChI is InChI=1S/C22H39N3O/c1-4-5-6-10-13-21(26-18-11-8-7-9-12-18)25(24)20-15-17-22(2,3)16-14-19(20)23/h14-18,21H,4-13,23-24H2,1-3H3. The lowest BCUT2D eigenvalue weighted by Gasteiger charge is -2.35. The summed E-state index contributed by atoms with van der Waals surface area (Å²) in [5, 5.41) is 1.78. The molecule has 0 aromatic rings. The first-order chi connectivity index (χ1) is 12.4. The molecule has 1 fully saturated rings. The highest BCUT2D eigenvalue weighted by Crippen LogP contribution is 2.28. The summed E-state index contributed by atoms with van der Waals surface area (Å²) in [6.45, 7) is 6.57. The lowest BCUT2D eigenvalue weighted by atomic mass is 9.93. The van der Waals surface area contributed by atoms with Crippen LogP contribution in [0.5, 0.6) is 0 Å². The average molecular weight is 362 g/mol. The normalized spacial score (nSPS) is 21.7. The maximum Gasteiger partial charge on any atom is 0.144 e. The zero-order chi connectivity index (χ0) is 19.0. The molecule has 26 heavy (non-hydrogen) atoms. The van der Waals surface area contributed by atoms with E-state index in [1.807, 2.05) is 6.08 Å². The Kier molecular flexibility index (Phi) is 8.23. The molecule has 0 radical (unpaired) electrons. The van der Waals surface area contributed by atoms with Crippen LogP contribution in [-0.4, -0.2) is 17.3 Å². The zero-order valence-corrected chi connectivity index (χ0v) is 17.0. The van der Waals surface area contributed by atoms with Gasteiger partial charge >= 0.3 is 0 Å². The summed E-state index contributed by atoms with van der Waals surface area (Å²) in [5.41, 5.74) is 7.87. The van der Waals surface area contributed by atoms with Gasteiger partial charge in [0, 0.05) is 5.41 Å². The van der Waals surface area contributed by atoms with Crippen molar-refractivity contribution in [3.05, 3.63) is 35.7 Å². The van der Waals surface area contributed by atoms with Gasteiger partial charge in [0.05, 0.1) is 17.5 Å². The fraction of sp³-hybridized carbons (Fsp3) is 0.727. The van der Waals surface area contributed by atoms with E-state index in [2.05, 4.69) is 39.0 Å². The van der Waals surface area contributed by atoms with Gasteiger partial charge in [0.25, 0.3) is 0 Å². The Hall–Kier alpha value is -1.26. The molecular weight excluding hydrogens is 322 g/mol. The molecule has 4 nitrogen and oxygen atoms in total. The second-order valence-electron chi connectivity index (χ2n) is 8.44. The molecule has 2 aliphatic rings. The predicted octanol–water partition coefficient (Wildman–Crippen LogP) is 5.13. The van der Waals surface area contributed by atoms with Crippen molar-refractivity contribution >= 4 is 0 Å². The summed E-state index contributed by atoms with van der Waals surface area (Å²) in [5.74, 6) is 6.56. The van der Waals surface area contributed by atoms with Crippen molar-refractivity contribution in [3.8, 4) is 0 Å². The quantitative estimate of drug-likeness (QED) is 0.259. The van der Waals surface area contributed by atoms with Crippen molar-refractivity contribution < 1.29 is 4.74 Å². The largest absolute Gasteiger partial charge is 0.397 e. The van der Waals surface area contributed by atoms with E-state index in [1.165, 1.54) is 38.5 Å². The second-order valence-corrected chi connectivity index (χ2v) is 8.44. The van der Waals surface area contributed by atoms with Crippen LogP contribution in [0.2, 0.25) is 0 Å². The molecule has 4 heteroatoms. The van der Waals surface area contributed by atoms with E-state index < -0.39 is 0 Å². The van der Waals surface area contributed by atoms with Gasteiger partial charge in [0.15, 0.2) is 0 Å². The van der Waals surface area contributed by atoms with Crippen LogP contribution in [0.15, 0.2) is 35.7 Å². The first kappa shape index (κ1) is 21.0. The average Bonchev–Trinajstić information content (AvgIpc) is 2.76. The Bertz CT molecular complexity index is 515. The van der Waals surface area contributed by atoms with Crippen molar-refractivity contribution in [2.75, 3.05) is 0 Å². The van der Waals surface area contributed by atoms with Gasteiger partial charge in [-0.3, -0.25) is 5.01 Å². The van der Waals surface area contributed by atoms with Gasteiger partial charge in [-0.1, -0.05) is 71.4 Å². The van der Waals surface area contributed by atoms with Gasteiger partial charge < -0.3 is 10.5 Å². The van der Waals surface area contributed by atoms with E-state index in [9.17, 15) is 0 Å². The molecule has 2 aliphatic carbocycles. The number of unbranched alkanes of at least 4 members (excludes halogenated alkanes) is 3. The Balaban J connectivity index is 2.09. The maximum absolute atomic E-state index is 6.56. The molecule has 0 spiro atoms. The van der Waals surface area contributed by atoms with Crippen molar-refractivity contribution in [1.82, 2.24) is 5.01 Å². The summed E-state index contributed by atoms with van der Waals surface area (Å²) in [6.07, 6.45) is 20.5. The Morgan fingerprint density at radius 2 is 1.81 bits per heavy atom. The number of nitrogens with zero attached hydrogens (tertiary/aromatic N) is 1. The highest BCUT2D eigenvalue weighted by Gasteiger charge is 2.25. The van der Waals surface area contributed by atoms with E-state index in [0.29, 0.717) is 11.8 Å². The van der Waals surface area contributed by atoms with Crippen LogP contribution >= 0.6 is 0 Å². The van der Waals surface area contributed by atoms with Crippen molar-refractivity contribution in [2.24, 2.45) is 17.0 Å². The van der Waals surface area contributed by atoms with E-state index in [-0.39, 0.29) is 11.6 Å². The van der Waals surface area contributed by atoms with Crippen LogP contribution in [0.3, 0.4) is 0 Å². The molecule has 0 amide bonds. The van der Waals surface area contributed by atoms with Crippen LogP contribution in [-0.2, 0) is 4.74 Å². The molecule has 0 saturated heterocycles. The molecule has 0 aromatic heterocycles. The third-order valence-corrected chi connectivity index (χ3v) is 5.45. The fourth-order valence-corrected chi connectivity index (χ4v) is 3.67. The molecule has 4 N–H and O–H groups in total. The number of ether oxygens (including phenoxy) is 1. The number of nitrogens with two attached hydrogens (primary N) is 2. The minimum atomic E-state index is -0.109. The topological polar surface area (TPSA) is 64.5 Å². The number of hydrogen-bond acceptors (Lipinski definition) is 4. The lowest BCUT2D eigenvalue weighted by Crippen LogP contribution is -2.44. The summed E-state index contributed by atoms with van der Waals surface area (Å²) in [6, 6.07) is 0. The minimum Gasteiger partial charge on any atom is -0.397 e. The number of hydrazine groups is 1. The van der Waals surface area contributed by atoms with Crippen molar-refractivity contribution in [3.63, 3.8) is 0 Å². The fourth-order valence-electron chi connectivity index (χ4n) is 3.67. The first-order valence-corrected chi connectivity index (χ1v) is 10.5. The van der Waals surface area contributed by atoms with Gasteiger partial charge in [0.2, 0.25) is 0 Å². The van der Waals surface area contributed by atoms with Crippen LogP contribution in [0.1, 0.15) is 85.0 Å². The van der Waals surface area contributed by atoms with E-state index in [0.717, 1.165) is 31.4 Å². The predicted molar refractivity (Wildman–Crippen MR) is 110 cm³/mol. The molecule has 0 aliphatic heterocycles. The zero-order valence-electron chi connectivity index (χ0n) is 17.0. The summed E-state index contributed by atoms with van der Waals surface area (Å²) >= 11 is 0. The van der Waals surface area contributed by atoms with Gasteiger partial charge in [-0.25, -0.2) is 5.84 Å². The number of allylic oxidation sites excluding steroid dienone is 4. The van der Waals surface area contributed by atoms with Crippen LogP contribution < -0.4 is 11.6 Å². The second kappa shape index (κ2) is 10.2. The SMILES string of the molecule is CCCCCCC(OC1CCCCC1)N(N)C1=C(N)C=CC(C)(C)C=C1. The highest BCUT2D eigenvalue weighted by atomic mass is 16.5. The smallest absolute Gasteiger partial charge is 0.144 e. The molecular formula is C22H39N3O. The molecule has 148 valence electrons. The molecule has 0 aromatic carbocycles. The highest BCUT2D eigenvalue weighted by molar-refractivity contribution is 5.35. The van der Waals surface area contributed by atoms with Gasteiger partial charge in [-0.2, -0.15) is 0 Å². The Morgan fingerprint density at radius 3 is 2.50 bits per heavy atom. The molecule has 2 rings (SSSR count). The van der Waals surface area contributed by atoms with E-state index in [4.69, 9.17) is 16.3 Å². The molecule has 0 bridgehead atoms. The molecule has 1 atom stereocenters. The summed E-state index contributed by atoms with van der Waals surface area (Å²) in [4.78, 5) is 0. The first-order valence-electron chi connectivity index (χ1n) is 10.5. The van der Waals surface area contributed by atoms with Gasteiger partial charge in [-0.05, 0) is 37.8 Å². The van der Waals surface area contributed by atoms with Crippen molar-refractivity contribution in [1.29, 1.82) is 0 Å². The maximum atomic E-state index is 6.56. The van der Waals surface area contributed by atoms with Crippen LogP contribution in [0, 0.1) is 5.41 Å². The monoisotopic (exact) mass is 361 g/mol. The van der Waals surface area contributed by atoms with Gasteiger partial charge in [0.1, 0.15) is 6.23 Å². The molecule has 0 heterocycles. The van der Waals surface area contributed by atoms with Crippen LogP contribution in [0.4, 0.5) is 0 Å². The minimum absolute atomic E-state index is 0.0198. The van der Waals surface area contributed by atoms with Crippen molar-refractivity contribution in [2.45, 2.75) is 97.3 Å². The third kappa shape index (κ3) is 6.48. The lowest BCUT2D eigenvalue weighted by molar-refractivity contribution is -0.102. The number of rotatable bonds is 9. The Labute approximate surface area is 160 Å². The van der Waals surface area contributed by atoms with E-state index >= 15 is 0 Å². The summed E-state index contributed by atoms with van der Waals surface area (Å²) in [7, 11) is 0. The summed E-state index contributed by atoms with van der Waals surface area (Å²) < 4.78 is 6.48. The Morgan fingerprint density at radius 1 is 1.12 bits per heavy atom. The number of hydrogen-bond donors (Lipinski definition) is 2. The molecule has 1 unspecified atom stereocenters. The van der Waals surface area contributed by atoms with Gasteiger partial charge in [-0.15, -0.1) is 0 Å². The van der Waals surface area contributed by atoms with Crippen LogP contribution in [0.25, 0.3) is 0 Å². The third-order valence-electron chi connectivity index (χ3n) is 5.45. The molecule has 1 saturated carbocycles. The van der Waals surface area contributed by atoms with E-state index in [1.54, 1.807) is 5.01 Å².